The first-order chi connectivity index (χ1) is 13.3. The zero-order chi connectivity index (χ0) is 20.4. The van der Waals surface area contributed by atoms with Crippen LogP contribution in [0.2, 0.25) is 0 Å². The number of hydrogen-bond acceptors (Lipinski definition) is 6. The highest BCUT2D eigenvalue weighted by Crippen LogP contribution is 2.32. The number of ether oxygens (including phenoxy) is 1. The van der Waals surface area contributed by atoms with Crippen LogP contribution >= 0.6 is 11.6 Å². The Kier molecular flexibility index (Phi) is 5.51. The number of fused-ring (bicyclic) bond motifs is 1. The molecule has 0 aliphatic carbocycles. The summed E-state index contributed by atoms with van der Waals surface area (Å²) < 4.78 is 15.9. The largest absolute Gasteiger partial charge is 0.466 e. The Labute approximate surface area is 167 Å². The fraction of sp³-hybridized carbons (Fsp3) is 0.190. The van der Waals surface area contributed by atoms with Gasteiger partial charge in [0.25, 0.3) is 5.89 Å². The lowest BCUT2D eigenvalue weighted by Gasteiger charge is -1.99. The third-order valence-electron chi connectivity index (χ3n) is 4.27. The number of methoxy groups -OCH3 is 1. The number of carbonyl (C=O) groups is 1. The Hall–Kier alpha value is -3.12. The van der Waals surface area contributed by atoms with Crippen molar-refractivity contribution in [2.75, 3.05) is 7.11 Å². The zero-order valence-electron chi connectivity index (χ0n) is 16.0. The van der Waals surface area contributed by atoms with Gasteiger partial charge in [-0.3, -0.25) is 0 Å². The Balaban J connectivity index is 2.00. The SMILES string of the molecule is C=C(Cl)/C(=C\C=C(/C)C(=O)OC)c1nc(-c2cc3c(C)ccc(C)c3o2)no1. The molecule has 28 heavy (non-hydrogen) atoms. The predicted octanol–water partition coefficient (Wildman–Crippen LogP) is 5.35. The van der Waals surface area contributed by atoms with Crippen molar-refractivity contribution in [1.29, 1.82) is 0 Å². The van der Waals surface area contributed by atoms with Crippen molar-refractivity contribution < 1.29 is 18.5 Å². The minimum Gasteiger partial charge on any atom is -0.466 e. The topological polar surface area (TPSA) is 78.4 Å². The molecule has 0 fully saturated rings. The molecule has 2 aromatic heterocycles. The zero-order valence-corrected chi connectivity index (χ0v) is 16.8. The van der Waals surface area contributed by atoms with Gasteiger partial charge in [0.2, 0.25) is 5.82 Å². The van der Waals surface area contributed by atoms with Crippen LogP contribution in [-0.4, -0.2) is 23.2 Å². The lowest BCUT2D eigenvalue weighted by atomic mass is 10.1. The summed E-state index contributed by atoms with van der Waals surface area (Å²) in [7, 11) is 1.31. The van der Waals surface area contributed by atoms with E-state index in [1.807, 2.05) is 32.0 Å². The summed E-state index contributed by atoms with van der Waals surface area (Å²) >= 11 is 6.08. The van der Waals surface area contributed by atoms with E-state index in [4.69, 9.17) is 20.5 Å². The van der Waals surface area contributed by atoms with Gasteiger partial charge in [0.15, 0.2) is 5.76 Å². The van der Waals surface area contributed by atoms with Crippen LogP contribution in [0.5, 0.6) is 0 Å². The van der Waals surface area contributed by atoms with E-state index in [-0.39, 0.29) is 10.9 Å². The van der Waals surface area contributed by atoms with E-state index in [1.165, 1.54) is 7.11 Å². The maximum atomic E-state index is 11.5. The fourth-order valence-corrected chi connectivity index (χ4v) is 2.79. The van der Waals surface area contributed by atoms with Gasteiger partial charge in [-0.15, -0.1) is 0 Å². The third kappa shape index (κ3) is 3.77. The number of aryl methyl sites for hydroxylation is 2. The summed E-state index contributed by atoms with van der Waals surface area (Å²) in [5.74, 6) is 0.499. The molecular formula is C21H19ClN2O4. The fourth-order valence-electron chi connectivity index (χ4n) is 2.65. The number of halogens is 1. The van der Waals surface area contributed by atoms with Crippen molar-refractivity contribution in [2.24, 2.45) is 0 Å². The Morgan fingerprint density at radius 1 is 1.25 bits per heavy atom. The van der Waals surface area contributed by atoms with E-state index >= 15 is 0 Å². The first-order valence-electron chi connectivity index (χ1n) is 8.47. The van der Waals surface area contributed by atoms with Gasteiger partial charge < -0.3 is 13.7 Å². The molecule has 7 heteroatoms. The number of allylic oxidation sites excluding steroid dienone is 4. The van der Waals surface area contributed by atoms with Crippen molar-refractivity contribution >= 4 is 34.1 Å². The molecule has 0 bridgehead atoms. The Bertz CT molecular complexity index is 1100. The molecule has 144 valence electrons. The number of hydrogen-bond donors (Lipinski definition) is 0. The Morgan fingerprint density at radius 2 is 1.96 bits per heavy atom. The molecule has 1 aromatic carbocycles. The molecule has 3 aromatic rings. The molecule has 6 nitrogen and oxygen atoms in total. The predicted molar refractivity (Wildman–Crippen MR) is 108 cm³/mol. The van der Waals surface area contributed by atoms with Crippen LogP contribution < -0.4 is 0 Å². The standard InChI is InChI=1S/C21H19ClN2O4/c1-11-6-7-12(2)18-16(11)10-17(27-18)19-23-20(28-24-19)15(14(4)22)9-8-13(3)21(25)26-5/h6-10H,4H2,1-3,5H3/b13-8+,15-9+. The summed E-state index contributed by atoms with van der Waals surface area (Å²) in [4.78, 5) is 15.9. The van der Waals surface area contributed by atoms with Crippen LogP contribution in [-0.2, 0) is 9.53 Å². The normalized spacial score (nSPS) is 12.5. The van der Waals surface area contributed by atoms with Gasteiger partial charge in [0.05, 0.1) is 12.7 Å². The van der Waals surface area contributed by atoms with Crippen molar-refractivity contribution in [2.45, 2.75) is 20.8 Å². The van der Waals surface area contributed by atoms with Gasteiger partial charge in [0.1, 0.15) is 5.58 Å². The van der Waals surface area contributed by atoms with Gasteiger partial charge in [-0.1, -0.05) is 41.5 Å². The first kappa shape index (κ1) is 19.6. The summed E-state index contributed by atoms with van der Waals surface area (Å²) in [5.41, 5.74) is 3.69. The summed E-state index contributed by atoms with van der Waals surface area (Å²) in [5, 5.41) is 5.18. The van der Waals surface area contributed by atoms with Gasteiger partial charge >= 0.3 is 5.97 Å². The van der Waals surface area contributed by atoms with E-state index in [1.54, 1.807) is 19.1 Å². The minimum atomic E-state index is -0.449. The molecular weight excluding hydrogens is 380 g/mol. The van der Waals surface area contributed by atoms with E-state index in [2.05, 4.69) is 21.5 Å². The molecule has 0 aliphatic heterocycles. The average Bonchev–Trinajstić information content (AvgIpc) is 3.31. The van der Waals surface area contributed by atoms with Gasteiger partial charge in [-0.05, 0) is 44.0 Å². The molecule has 3 rings (SSSR count). The molecule has 0 unspecified atom stereocenters. The van der Waals surface area contributed by atoms with Crippen LogP contribution in [0.4, 0.5) is 0 Å². The van der Waals surface area contributed by atoms with Gasteiger partial charge in [-0.2, -0.15) is 4.98 Å². The summed E-state index contributed by atoms with van der Waals surface area (Å²) in [6.45, 7) is 9.32. The van der Waals surface area contributed by atoms with Crippen molar-refractivity contribution in [3.05, 3.63) is 64.6 Å². The van der Waals surface area contributed by atoms with Crippen LogP contribution in [0, 0.1) is 13.8 Å². The second kappa shape index (κ2) is 7.86. The number of furan rings is 1. The third-order valence-corrected chi connectivity index (χ3v) is 4.48. The lowest BCUT2D eigenvalue weighted by molar-refractivity contribution is -0.136. The number of carbonyl (C=O) groups excluding carboxylic acids is 1. The van der Waals surface area contributed by atoms with Crippen LogP contribution in [0.15, 0.2) is 56.5 Å². The molecule has 0 amide bonds. The summed E-state index contributed by atoms with van der Waals surface area (Å²) in [6.07, 6.45) is 3.12. The number of esters is 1. The number of aromatic nitrogens is 2. The van der Waals surface area contributed by atoms with E-state index in [0.29, 0.717) is 22.7 Å². The monoisotopic (exact) mass is 398 g/mol. The molecule has 0 saturated heterocycles. The number of benzene rings is 1. The van der Waals surface area contributed by atoms with Crippen molar-refractivity contribution in [1.82, 2.24) is 10.1 Å². The van der Waals surface area contributed by atoms with Gasteiger partial charge in [0, 0.05) is 16.0 Å². The van der Waals surface area contributed by atoms with Crippen molar-refractivity contribution in [3.63, 3.8) is 0 Å². The van der Waals surface area contributed by atoms with Crippen LogP contribution in [0.25, 0.3) is 28.1 Å². The highest BCUT2D eigenvalue weighted by Gasteiger charge is 2.18. The molecule has 0 aliphatic rings. The van der Waals surface area contributed by atoms with E-state index in [9.17, 15) is 4.79 Å². The maximum absolute atomic E-state index is 11.5. The molecule has 0 N–H and O–H groups in total. The van der Waals surface area contributed by atoms with E-state index < -0.39 is 5.97 Å². The second-order valence-electron chi connectivity index (χ2n) is 6.30. The highest BCUT2D eigenvalue weighted by molar-refractivity contribution is 6.36. The Morgan fingerprint density at radius 3 is 2.61 bits per heavy atom. The average molecular weight is 399 g/mol. The van der Waals surface area contributed by atoms with Gasteiger partial charge in [-0.25, -0.2) is 4.79 Å². The quantitative estimate of drug-likeness (QED) is 0.327. The molecule has 0 saturated carbocycles. The molecule has 0 atom stereocenters. The lowest BCUT2D eigenvalue weighted by Crippen LogP contribution is -2.00. The minimum absolute atomic E-state index is 0.165. The second-order valence-corrected chi connectivity index (χ2v) is 6.76. The number of rotatable bonds is 5. The van der Waals surface area contributed by atoms with Crippen LogP contribution in [0.3, 0.4) is 0 Å². The molecule has 0 spiro atoms. The maximum Gasteiger partial charge on any atom is 0.333 e. The van der Waals surface area contributed by atoms with Crippen molar-refractivity contribution in [3.8, 4) is 11.6 Å². The molecule has 2 heterocycles. The number of nitrogens with zero attached hydrogens (tertiary/aromatic N) is 2. The molecule has 0 radical (unpaired) electrons. The highest BCUT2D eigenvalue weighted by atomic mass is 35.5. The smallest absolute Gasteiger partial charge is 0.333 e. The van der Waals surface area contributed by atoms with Crippen LogP contribution in [0.1, 0.15) is 23.9 Å². The summed E-state index contributed by atoms with van der Waals surface area (Å²) in [6, 6.07) is 5.92. The van der Waals surface area contributed by atoms with E-state index in [0.717, 1.165) is 22.1 Å². The first-order valence-corrected chi connectivity index (χ1v) is 8.85.